The Kier molecular flexibility index (Phi) is 4.62. The van der Waals surface area contributed by atoms with Crippen LogP contribution in [0.25, 0.3) is 0 Å². The number of nitriles is 1. The molecule has 0 amide bonds. The van der Waals surface area contributed by atoms with E-state index in [0.717, 1.165) is 0 Å². The van der Waals surface area contributed by atoms with Gasteiger partial charge in [-0.1, -0.05) is 12.1 Å². The molecule has 0 aliphatic rings. The van der Waals surface area contributed by atoms with Gasteiger partial charge in [0.25, 0.3) is 0 Å². The molecular weight excluding hydrogens is 287 g/mol. The third kappa shape index (κ3) is 4.03. The van der Waals surface area contributed by atoms with Crippen LogP contribution in [0, 0.1) is 11.3 Å². The van der Waals surface area contributed by atoms with E-state index in [-0.39, 0.29) is 17.0 Å². The molecule has 4 nitrogen and oxygen atoms in total. The van der Waals surface area contributed by atoms with Crippen LogP contribution in [0.3, 0.4) is 0 Å². The van der Waals surface area contributed by atoms with Gasteiger partial charge in [-0.2, -0.15) is 5.26 Å². The van der Waals surface area contributed by atoms with Crippen molar-refractivity contribution in [1.82, 2.24) is 0 Å². The molecule has 19 heavy (non-hydrogen) atoms. The highest BCUT2D eigenvalue weighted by Gasteiger charge is 2.34. The Bertz CT molecular complexity index is 537. The molecular formula is C11H7ClF3NO3. The average molecular weight is 294 g/mol. The zero-order valence-electron chi connectivity index (χ0n) is 9.29. The molecule has 0 unspecified atom stereocenters. The second-order valence-electron chi connectivity index (χ2n) is 3.45. The van der Waals surface area contributed by atoms with E-state index < -0.39 is 30.1 Å². The standard InChI is InChI=1S/C11H7ClF3NO3/c12-4-7-2-1-6(3-9(17)18)8(5-16)10(7)19-11(13,14)15/h1-2H,3-4H2,(H,17,18). The SMILES string of the molecule is N#Cc1c(CC(=O)O)ccc(CCl)c1OC(F)(F)F. The number of hydrogen-bond donors (Lipinski definition) is 1. The Balaban J connectivity index is 3.38. The number of alkyl halides is 4. The molecule has 0 heterocycles. The molecule has 0 aromatic heterocycles. The number of nitrogens with zero attached hydrogens (tertiary/aromatic N) is 1. The number of rotatable bonds is 4. The van der Waals surface area contributed by atoms with Crippen molar-refractivity contribution < 1.29 is 27.8 Å². The van der Waals surface area contributed by atoms with Gasteiger partial charge in [0.15, 0.2) is 5.75 Å². The van der Waals surface area contributed by atoms with E-state index >= 15 is 0 Å². The highest BCUT2D eigenvalue weighted by atomic mass is 35.5. The minimum Gasteiger partial charge on any atom is -0.481 e. The van der Waals surface area contributed by atoms with Gasteiger partial charge < -0.3 is 9.84 Å². The zero-order chi connectivity index (χ0) is 14.6. The lowest BCUT2D eigenvalue weighted by Crippen LogP contribution is -2.19. The summed E-state index contributed by atoms with van der Waals surface area (Å²) in [6.45, 7) is 0. The largest absolute Gasteiger partial charge is 0.573 e. The van der Waals surface area contributed by atoms with Gasteiger partial charge >= 0.3 is 12.3 Å². The van der Waals surface area contributed by atoms with Crippen molar-refractivity contribution >= 4 is 17.6 Å². The van der Waals surface area contributed by atoms with Gasteiger partial charge in [0.05, 0.1) is 17.9 Å². The van der Waals surface area contributed by atoms with Crippen molar-refractivity contribution in [3.05, 3.63) is 28.8 Å². The van der Waals surface area contributed by atoms with Crippen LogP contribution in [0.2, 0.25) is 0 Å². The average Bonchev–Trinajstić information content (AvgIpc) is 2.27. The highest BCUT2D eigenvalue weighted by Crippen LogP contribution is 2.33. The lowest BCUT2D eigenvalue weighted by Gasteiger charge is -2.15. The number of carboxylic acids is 1. The van der Waals surface area contributed by atoms with Crippen molar-refractivity contribution in [2.75, 3.05) is 0 Å². The Morgan fingerprint density at radius 1 is 1.42 bits per heavy atom. The van der Waals surface area contributed by atoms with Crippen LogP contribution in [-0.4, -0.2) is 17.4 Å². The summed E-state index contributed by atoms with van der Waals surface area (Å²) in [5, 5.41) is 17.5. The summed E-state index contributed by atoms with van der Waals surface area (Å²) >= 11 is 5.47. The van der Waals surface area contributed by atoms with Crippen LogP contribution in [0.1, 0.15) is 16.7 Å². The van der Waals surface area contributed by atoms with Crippen LogP contribution in [0.4, 0.5) is 13.2 Å². The third-order valence-electron chi connectivity index (χ3n) is 2.14. The Hall–Kier alpha value is -1.94. The number of carbonyl (C=O) groups is 1. The maximum absolute atomic E-state index is 12.3. The number of aliphatic carboxylic acids is 1. The lowest BCUT2D eigenvalue weighted by atomic mass is 10.0. The summed E-state index contributed by atoms with van der Waals surface area (Å²) in [6, 6.07) is 3.97. The first-order chi connectivity index (χ1) is 8.78. The quantitative estimate of drug-likeness (QED) is 0.867. The first-order valence-electron chi connectivity index (χ1n) is 4.87. The van der Waals surface area contributed by atoms with Gasteiger partial charge in [-0.15, -0.1) is 24.8 Å². The number of benzene rings is 1. The number of ether oxygens (including phenoxy) is 1. The summed E-state index contributed by atoms with van der Waals surface area (Å²) in [5.41, 5.74) is -0.578. The van der Waals surface area contributed by atoms with Crippen molar-refractivity contribution in [1.29, 1.82) is 5.26 Å². The van der Waals surface area contributed by atoms with Crippen LogP contribution in [-0.2, 0) is 17.1 Å². The zero-order valence-corrected chi connectivity index (χ0v) is 10.0. The van der Waals surface area contributed by atoms with Gasteiger partial charge in [-0.25, -0.2) is 0 Å². The van der Waals surface area contributed by atoms with Crippen LogP contribution in [0.5, 0.6) is 5.75 Å². The van der Waals surface area contributed by atoms with Crippen LogP contribution in [0.15, 0.2) is 12.1 Å². The van der Waals surface area contributed by atoms with Gasteiger partial charge in [0.2, 0.25) is 0 Å². The van der Waals surface area contributed by atoms with E-state index in [9.17, 15) is 18.0 Å². The van der Waals surface area contributed by atoms with Crippen molar-refractivity contribution in [2.24, 2.45) is 0 Å². The summed E-state index contributed by atoms with van der Waals surface area (Å²) < 4.78 is 40.6. The van der Waals surface area contributed by atoms with E-state index in [4.69, 9.17) is 22.0 Å². The van der Waals surface area contributed by atoms with E-state index in [1.54, 1.807) is 0 Å². The molecule has 0 radical (unpaired) electrons. The second kappa shape index (κ2) is 5.80. The molecule has 1 aromatic carbocycles. The minimum absolute atomic E-state index is 0.0373. The van der Waals surface area contributed by atoms with E-state index in [0.29, 0.717) is 0 Å². The molecule has 0 bridgehead atoms. The maximum Gasteiger partial charge on any atom is 0.573 e. The monoisotopic (exact) mass is 293 g/mol. The summed E-state index contributed by atoms with van der Waals surface area (Å²) in [6.07, 6.45) is -5.58. The maximum atomic E-state index is 12.3. The molecule has 0 saturated heterocycles. The molecule has 0 atom stereocenters. The minimum atomic E-state index is -4.99. The molecule has 8 heteroatoms. The normalized spacial score (nSPS) is 10.9. The van der Waals surface area contributed by atoms with Crippen LogP contribution >= 0.6 is 11.6 Å². The van der Waals surface area contributed by atoms with E-state index in [1.807, 2.05) is 0 Å². The van der Waals surface area contributed by atoms with Crippen LogP contribution < -0.4 is 4.74 Å². The van der Waals surface area contributed by atoms with Crippen molar-refractivity contribution in [3.8, 4) is 11.8 Å². The summed E-state index contributed by atoms with van der Waals surface area (Å²) in [4.78, 5) is 10.6. The van der Waals surface area contributed by atoms with Crippen molar-refractivity contribution in [3.63, 3.8) is 0 Å². The lowest BCUT2D eigenvalue weighted by molar-refractivity contribution is -0.275. The van der Waals surface area contributed by atoms with Crippen molar-refractivity contribution in [2.45, 2.75) is 18.7 Å². The third-order valence-corrected chi connectivity index (χ3v) is 2.43. The fourth-order valence-corrected chi connectivity index (χ4v) is 1.65. The molecule has 0 aliphatic carbocycles. The first-order valence-corrected chi connectivity index (χ1v) is 5.40. The summed E-state index contributed by atoms with van der Waals surface area (Å²) in [5.74, 6) is -2.31. The molecule has 1 aromatic rings. The molecule has 0 saturated carbocycles. The summed E-state index contributed by atoms with van der Waals surface area (Å²) in [7, 11) is 0. The first kappa shape index (κ1) is 15.1. The molecule has 102 valence electrons. The number of hydrogen-bond acceptors (Lipinski definition) is 3. The molecule has 0 aliphatic heterocycles. The van der Waals surface area contributed by atoms with Gasteiger partial charge in [-0.05, 0) is 5.56 Å². The molecule has 1 rings (SSSR count). The second-order valence-corrected chi connectivity index (χ2v) is 3.72. The smallest absolute Gasteiger partial charge is 0.481 e. The Labute approximate surface area is 111 Å². The highest BCUT2D eigenvalue weighted by molar-refractivity contribution is 6.17. The fraction of sp³-hybridized carbons (Fsp3) is 0.273. The van der Waals surface area contributed by atoms with Gasteiger partial charge in [0.1, 0.15) is 6.07 Å². The predicted molar refractivity (Wildman–Crippen MR) is 58.7 cm³/mol. The van der Waals surface area contributed by atoms with E-state index in [1.165, 1.54) is 18.2 Å². The Morgan fingerprint density at radius 2 is 2.00 bits per heavy atom. The number of halogens is 4. The van der Waals surface area contributed by atoms with Gasteiger partial charge in [0, 0.05) is 5.56 Å². The van der Waals surface area contributed by atoms with E-state index in [2.05, 4.69) is 4.74 Å². The molecule has 1 N–H and O–H groups in total. The fourth-order valence-electron chi connectivity index (χ4n) is 1.44. The predicted octanol–water partition coefficient (Wildman–Crippen LogP) is 2.82. The Morgan fingerprint density at radius 3 is 2.42 bits per heavy atom. The topological polar surface area (TPSA) is 70.3 Å². The van der Waals surface area contributed by atoms with Gasteiger partial charge in [-0.3, -0.25) is 4.79 Å². The molecule has 0 spiro atoms. The number of carboxylic acid groups (broad SMARTS) is 1. The molecule has 0 fully saturated rings.